The highest BCUT2D eigenvalue weighted by atomic mass is 32.2. The van der Waals surface area contributed by atoms with E-state index < -0.39 is 6.04 Å². The summed E-state index contributed by atoms with van der Waals surface area (Å²) < 4.78 is 16.2. The van der Waals surface area contributed by atoms with Crippen LogP contribution in [0, 0.1) is 5.82 Å². The summed E-state index contributed by atoms with van der Waals surface area (Å²) in [6, 6.07) is 4.42. The smallest absolute Gasteiger partial charge is 0.182 e. The van der Waals surface area contributed by atoms with Crippen LogP contribution in [0.15, 0.2) is 30.7 Å². The van der Waals surface area contributed by atoms with Crippen LogP contribution in [0.25, 0.3) is 5.57 Å². The third kappa shape index (κ3) is 3.54. The average molecular weight is 385 g/mol. The summed E-state index contributed by atoms with van der Waals surface area (Å²) in [4.78, 5) is 11.0. The Morgan fingerprint density at radius 3 is 2.67 bits per heavy atom. The van der Waals surface area contributed by atoms with Gasteiger partial charge in [-0.1, -0.05) is 0 Å². The molecule has 1 saturated heterocycles. The Morgan fingerprint density at radius 2 is 1.96 bits per heavy atom. The summed E-state index contributed by atoms with van der Waals surface area (Å²) in [6.45, 7) is 1.91. The van der Waals surface area contributed by atoms with Crippen molar-refractivity contribution in [3.63, 3.8) is 0 Å². The van der Waals surface area contributed by atoms with Crippen molar-refractivity contribution in [1.29, 1.82) is 0 Å². The first-order valence-corrected chi connectivity index (χ1v) is 9.96. The van der Waals surface area contributed by atoms with Crippen molar-refractivity contribution in [1.82, 2.24) is 9.97 Å². The molecule has 6 nitrogen and oxygen atoms in total. The van der Waals surface area contributed by atoms with E-state index in [-0.39, 0.29) is 5.82 Å². The molecule has 2 aromatic rings. The Morgan fingerprint density at radius 1 is 1.22 bits per heavy atom. The summed E-state index contributed by atoms with van der Waals surface area (Å²) in [7, 11) is 1.90. The highest BCUT2D eigenvalue weighted by Gasteiger charge is 2.23. The van der Waals surface area contributed by atoms with Crippen LogP contribution in [0.2, 0.25) is 0 Å². The van der Waals surface area contributed by atoms with Crippen LogP contribution in [0.1, 0.15) is 22.9 Å². The van der Waals surface area contributed by atoms with Crippen LogP contribution in [-0.4, -0.2) is 52.4 Å². The summed E-state index contributed by atoms with van der Waals surface area (Å²) in [6.07, 6.45) is 5.26. The van der Waals surface area contributed by atoms with E-state index in [2.05, 4.69) is 14.9 Å². The lowest BCUT2D eigenvalue weighted by molar-refractivity contribution is -0.423. The molecule has 1 unspecified atom stereocenters. The Kier molecular flexibility index (Phi) is 4.84. The molecule has 3 heterocycles. The van der Waals surface area contributed by atoms with E-state index in [0.29, 0.717) is 22.5 Å². The normalized spacial score (nSPS) is 17.8. The minimum absolute atomic E-state index is 0.326. The number of allylic oxidation sites excluding steroid dienone is 1. The van der Waals surface area contributed by atoms with Crippen LogP contribution in [0.3, 0.4) is 0 Å². The van der Waals surface area contributed by atoms with E-state index >= 15 is 0 Å². The fourth-order valence-corrected chi connectivity index (χ4v) is 4.22. The third-order valence-corrected chi connectivity index (χ3v) is 5.77. The lowest BCUT2D eigenvalue weighted by Gasteiger charge is -2.27. The SMILES string of the molecule is C[N+]1=CC(c2cc(C(N)c3cc(N4CCSCC4)ncn3)c(N)cc2F)=C1. The number of hydrogen-bond donors (Lipinski definition) is 2. The number of hydrogen-bond acceptors (Lipinski definition) is 6. The molecule has 140 valence electrons. The molecule has 1 atom stereocenters. The molecule has 0 spiro atoms. The van der Waals surface area contributed by atoms with Gasteiger partial charge in [0.2, 0.25) is 0 Å². The van der Waals surface area contributed by atoms with Crippen LogP contribution in [0.4, 0.5) is 15.9 Å². The molecule has 2 aliphatic heterocycles. The zero-order chi connectivity index (χ0) is 19.0. The minimum atomic E-state index is -0.552. The molecule has 4 N–H and O–H groups in total. The van der Waals surface area contributed by atoms with Gasteiger partial charge in [0.25, 0.3) is 0 Å². The van der Waals surface area contributed by atoms with Crippen molar-refractivity contribution in [3.05, 3.63) is 53.4 Å². The molecule has 0 saturated carbocycles. The van der Waals surface area contributed by atoms with Gasteiger partial charge in [0, 0.05) is 41.9 Å². The zero-order valence-corrected chi connectivity index (χ0v) is 15.9. The number of benzene rings is 1. The molecule has 0 amide bonds. The van der Waals surface area contributed by atoms with Gasteiger partial charge in [-0.25, -0.2) is 18.9 Å². The Balaban J connectivity index is 1.65. The summed E-state index contributed by atoms with van der Waals surface area (Å²) >= 11 is 1.94. The molecule has 1 fully saturated rings. The van der Waals surface area contributed by atoms with Crippen molar-refractivity contribution < 1.29 is 8.97 Å². The summed E-state index contributed by atoms with van der Waals surface area (Å²) in [5.74, 6) is 2.68. The zero-order valence-electron chi connectivity index (χ0n) is 15.1. The molecule has 0 bridgehead atoms. The molecule has 0 radical (unpaired) electrons. The van der Waals surface area contributed by atoms with Gasteiger partial charge in [0.05, 0.1) is 11.7 Å². The van der Waals surface area contributed by atoms with Crippen LogP contribution in [0.5, 0.6) is 0 Å². The van der Waals surface area contributed by atoms with Gasteiger partial charge in [-0.2, -0.15) is 11.8 Å². The summed E-state index contributed by atoms with van der Waals surface area (Å²) in [5.41, 5.74) is 15.5. The largest absolute Gasteiger partial charge is 0.398 e. The predicted octanol–water partition coefficient (Wildman–Crippen LogP) is 1.87. The monoisotopic (exact) mass is 385 g/mol. The Hall–Kier alpha value is -2.45. The van der Waals surface area contributed by atoms with E-state index in [9.17, 15) is 4.39 Å². The topological polar surface area (TPSA) is 84.1 Å². The van der Waals surface area contributed by atoms with Gasteiger partial charge in [0.1, 0.15) is 30.6 Å². The second-order valence-electron chi connectivity index (χ2n) is 6.72. The van der Waals surface area contributed by atoms with E-state index in [1.807, 2.05) is 41.9 Å². The number of nitrogen functional groups attached to an aromatic ring is 1. The Labute approximate surface area is 161 Å². The maximum Gasteiger partial charge on any atom is 0.182 e. The average Bonchev–Trinajstić information content (AvgIpc) is 2.66. The Bertz CT molecular complexity index is 936. The standard InChI is InChI=1S/C19H22FN6S/c1-25-9-12(10-25)13-6-14(16(21)7-15(13)20)19(22)17-8-18(24-11-23-17)26-2-4-27-5-3-26/h6-11,19H,2-5,21-22H2,1H3/q+1. The van der Waals surface area contributed by atoms with Crippen LogP contribution >= 0.6 is 11.8 Å². The van der Waals surface area contributed by atoms with E-state index in [4.69, 9.17) is 11.5 Å². The molecular formula is C19H22FN6S+. The molecule has 27 heavy (non-hydrogen) atoms. The fourth-order valence-electron chi connectivity index (χ4n) is 3.32. The first kappa shape index (κ1) is 17.9. The van der Waals surface area contributed by atoms with Gasteiger partial charge < -0.3 is 16.4 Å². The second kappa shape index (κ2) is 7.28. The quantitative estimate of drug-likeness (QED) is 0.617. The number of aromatic nitrogens is 2. The molecule has 1 aromatic carbocycles. The highest BCUT2D eigenvalue weighted by Crippen LogP contribution is 2.31. The molecule has 4 rings (SSSR count). The van der Waals surface area contributed by atoms with Crippen molar-refractivity contribution in [2.24, 2.45) is 5.73 Å². The van der Waals surface area contributed by atoms with Crippen LogP contribution < -0.4 is 16.4 Å². The van der Waals surface area contributed by atoms with Crippen molar-refractivity contribution in [2.45, 2.75) is 6.04 Å². The lowest BCUT2D eigenvalue weighted by atomic mass is 9.95. The lowest BCUT2D eigenvalue weighted by Crippen LogP contribution is -2.33. The number of thioether (sulfide) groups is 1. The van der Waals surface area contributed by atoms with Gasteiger partial charge in [-0.15, -0.1) is 0 Å². The van der Waals surface area contributed by atoms with E-state index in [1.54, 1.807) is 6.07 Å². The summed E-state index contributed by atoms with van der Waals surface area (Å²) in [5, 5.41) is 0. The van der Waals surface area contributed by atoms with Gasteiger partial charge >= 0.3 is 0 Å². The minimum Gasteiger partial charge on any atom is -0.398 e. The van der Waals surface area contributed by atoms with Crippen molar-refractivity contribution in [2.75, 3.05) is 42.3 Å². The van der Waals surface area contributed by atoms with Gasteiger partial charge in [-0.3, -0.25) is 0 Å². The second-order valence-corrected chi connectivity index (χ2v) is 7.94. The third-order valence-electron chi connectivity index (χ3n) is 4.83. The number of nitrogens with two attached hydrogens (primary N) is 2. The molecular weight excluding hydrogens is 363 g/mol. The van der Waals surface area contributed by atoms with Crippen molar-refractivity contribution in [3.8, 4) is 0 Å². The van der Waals surface area contributed by atoms with E-state index in [1.165, 1.54) is 12.4 Å². The fraction of sp³-hybridized carbons (Fsp3) is 0.316. The highest BCUT2D eigenvalue weighted by molar-refractivity contribution is 7.99. The molecule has 8 heteroatoms. The molecule has 1 aromatic heterocycles. The number of nitrogens with zero attached hydrogens (tertiary/aromatic N) is 4. The van der Waals surface area contributed by atoms with E-state index in [0.717, 1.165) is 36.0 Å². The first-order valence-electron chi connectivity index (χ1n) is 8.81. The molecule has 2 aliphatic rings. The maximum atomic E-state index is 14.4. The first-order chi connectivity index (χ1) is 13.0. The van der Waals surface area contributed by atoms with Gasteiger partial charge in [-0.05, 0) is 17.7 Å². The maximum absolute atomic E-state index is 14.4. The predicted molar refractivity (Wildman–Crippen MR) is 109 cm³/mol. The molecule has 0 aliphatic carbocycles. The van der Waals surface area contributed by atoms with Gasteiger partial charge in [0.15, 0.2) is 12.4 Å². The number of anilines is 2. The number of halogens is 1. The van der Waals surface area contributed by atoms with Crippen molar-refractivity contribution >= 4 is 35.1 Å². The number of rotatable bonds is 4. The van der Waals surface area contributed by atoms with Crippen LogP contribution in [-0.2, 0) is 0 Å².